The number of methoxy groups -OCH3 is 1. The maximum absolute atomic E-state index is 12.4. The van der Waals surface area contributed by atoms with Gasteiger partial charge in [0.15, 0.2) is 16.8 Å². The highest BCUT2D eigenvalue weighted by atomic mass is 32.2. The first kappa shape index (κ1) is 18.2. The summed E-state index contributed by atoms with van der Waals surface area (Å²) in [6.07, 6.45) is 0. The minimum atomic E-state index is 0.0829. The number of Topliss-reactive ketones (excluding diaryl/α,β-unsaturated/α-hetero) is 1. The summed E-state index contributed by atoms with van der Waals surface area (Å²) in [7, 11) is 1.64. The number of hydrogen-bond donors (Lipinski definition) is 0. The molecule has 0 spiro atoms. The van der Waals surface area contributed by atoms with Gasteiger partial charge in [-0.2, -0.15) is 0 Å². The molecule has 26 heavy (non-hydrogen) atoms. The van der Waals surface area contributed by atoms with Crippen molar-refractivity contribution in [1.29, 1.82) is 0 Å². The van der Waals surface area contributed by atoms with Gasteiger partial charge >= 0.3 is 0 Å². The number of hydrogen-bond acceptors (Lipinski definition) is 5. The molecule has 0 saturated carbocycles. The van der Waals surface area contributed by atoms with Gasteiger partial charge in [0.2, 0.25) is 0 Å². The molecule has 0 aliphatic rings. The van der Waals surface area contributed by atoms with Gasteiger partial charge in [-0.15, -0.1) is 10.2 Å². The van der Waals surface area contributed by atoms with Crippen molar-refractivity contribution in [3.63, 3.8) is 0 Å². The van der Waals surface area contributed by atoms with Gasteiger partial charge in [-0.25, -0.2) is 0 Å². The van der Waals surface area contributed by atoms with E-state index in [0.717, 1.165) is 33.4 Å². The quantitative estimate of drug-likeness (QED) is 0.461. The fourth-order valence-electron chi connectivity index (χ4n) is 2.66. The molecule has 6 heteroatoms. The third kappa shape index (κ3) is 3.80. The van der Waals surface area contributed by atoms with E-state index in [-0.39, 0.29) is 5.78 Å². The first-order chi connectivity index (χ1) is 12.6. The van der Waals surface area contributed by atoms with Crippen LogP contribution in [0, 0.1) is 6.92 Å². The Bertz CT molecular complexity index is 904. The predicted octanol–water partition coefficient (Wildman–Crippen LogP) is 4.26. The summed E-state index contributed by atoms with van der Waals surface area (Å²) in [5.41, 5.74) is 2.75. The summed E-state index contributed by atoms with van der Waals surface area (Å²) in [6, 6.07) is 15.4. The second-order valence-electron chi connectivity index (χ2n) is 5.83. The lowest BCUT2D eigenvalue weighted by atomic mass is 10.1. The van der Waals surface area contributed by atoms with Gasteiger partial charge in [0, 0.05) is 12.1 Å². The fraction of sp³-hybridized carbons (Fsp3) is 0.250. The normalized spacial score (nSPS) is 10.7. The maximum Gasteiger partial charge on any atom is 0.191 e. The number of carbonyl (C=O) groups excluding carboxylic acids is 1. The van der Waals surface area contributed by atoms with Gasteiger partial charge < -0.3 is 9.30 Å². The number of thioether (sulfide) groups is 1. The topological polar surface area (TPSA) is 57.0 Å². The second-order valence-corrected chi connectivity index (χ2v) is 6.77. The van der Waals surface area contributed by atoms with Crippen LogP contribution in [0.15, 0.2) is 53.7 Å². The highest BCUT2D eigenvalue weighted by molar-refractivity contribution is 7.99. The molecule has 0 N–H and O–H groups in total. The highest BCUT2D eigenvalue weighted by Crippen LogP contribution is 2.30. The predicted molar refractivity (Wildman–Crippen MR) is 104 cm³/mol. The van der Waals surface area contributed by atoms with Crippen molar-refractivity contribution in [2.24, 2.45) is 0 Å². The van der Waals surface area contributed by atoms with Crippen molar-refractivity contribution in [1.82, 2.24) is 14.8 Å². The van der Waals surface area contributed by atoms with Crippen molar-refractivity contribution < 1.29 is 9.53 Å². The molecule has 1 aromatic heterocycles. The Hall–Kier alpha value is -2.60. The first-order valence-corrected chi connectivity index (χ1v) is 9.41. The molecule has 0 aliphatic carbocycles. The number of ether oxygens (including phenoxy) is 1. The minimum Gasteiger partial charge on any atom is -0.496 e. The van der Waals surface area contributed by atoms with Crippen LogP contribution in [0.25, 0.3) is 11.4 Å². The number of para-hydroxylation sites is 1. The SMILES string of the molecule is CCn1c(SCC(=O)c2ccc(C)cc2)nnc1-c1ccccc1OC. The Kier molecular flexibility index (Phi) is 5.73. The number of aryl methyl sites for hydroxylation is 1. The molecular weight excluding hydrogens is 346 g/mol. The van der Waals surface area contributed by atoms with E-state index in [4.69, 9.17) is 4.74 Å². The molecule has 0 fully saturated rings. The smallest absolute Gasteiger partial charge is 0.191 e. The lowest BCUT2D eigenvalue weighted by Gasteiger charge is -2.10. The van der Waals surface area contributed by atoms with E-state index in [1.807, 2.05) is 66.9 Å². The Labute approximate surface area is 157 Å². The average Bonchev–Trinajstić information content (AvgIpc) is 3.09. The van der Waals surface area contributed by atoms with E-state index in [0.29, 0.717) is 12.3 Å². The molecule has 134 valence electrons. The fourth-order valence-corrected chi connectivity index (χ4v) is 3.56. The highest BCUT2D eigenvalue weighted by Gasteiger charge is 2.17. The third-order valence-corrected chi connectivity index (χ3v) is 5.05. The lowest BCUT2D eigenvalue weighted by molar-refractivity contribution is 0.102. The molecule has 0 aliphatic heterocycles. The molecule has 0 atom stereocenters. The number of ketones is 1. The van der Waals surface area contributed by atoms with Crippen LogP contribution in [0.2, 0.25) is 0 Å². The Morgan fingerprint density at radius 2 is 1.85 bits per heavy atom. The van der Waals surface area contributed by atoms with Crippen LogP contribution < -0.4 is 4.74 Å². The monoisotopic (exact) mass is 367 g/mol. The van der Waals surface area contributed by atoms with E-state index in [9.17, 15) is 4.79 Å². The molecule has 0 bridgehead atoms. The number of benzene rings is 2. The molecule has 0 unspecified atom stereocenters. The molecule has 0 saturated heterocycles. The van der Waals surface area contributed by atoms with Crippen LogP contribution in [-0.2, 0) is 6.54 Å². The van der Waals surface area contributed by atoms with Gasteiger partial charge in [0.25, 0.3) is 0 Å². The van der Waals surface area contributed by atoms with E-state index in [1.165, 1.54) is 11.8 Å². The van der Waals surface area contributed by atoms with Gasteiger partial charge in [-0.05, 0) is 26.0 Å². The summed E-state index contributed by atoms with van der Waals surface area (Å²) in [5.74, 6) is 1.91. The number of aromatic nitrogens is 3. The lowest BCUT2D eigenvalue weighted by Crippen LogP contribution is -2.05. The Balaban J connectivity index is 1.80. The summed E-state index contributed by atoms with van der Waals surface area (Å²) in [5, 5.41) is 9.35. The van der Waals surface area contributed by atoms with Crippen LogP contribution in [0.4, 0.5) is 0 Å². The van der Waals surface area contributed by atoms with Gasteiger partial charge in [-0.1, -0.05) is 53.7 Å². The average molecular weight is 367 g/mol. The Morgan fingerprint density at radius 3 is 2.54 bits per heavy atom. The number of nitrogens with zero attached hydrogens (tertiary/aromatic N) is 3. The second kappa shape index (κ2) is 8.19. The molecule has 0 amide bonds. The van der Waals surface area contributed by atoms with E-state index < -0.39 is 0 Å². The van der Waals surface area contributed by atoms with Crippen molar-refractivity contribution in [3.8, 4) is 17.1 Å². The zero-order chi connectivity index (χ0) is 18.5. The molecule has 5 nitrogen and oxygen atoms in total. The van der Waals surface area contributed by atoms with Crippen molar-refractivity contribution in [2.45, 2.75) is 25.5 Å². The molecule has 0 radical (unpaired) electrons. The Morgan fingerprint density at radius 1 is 1.12 bits per heavy atom. The largest absolute Gasteiger partial charge is 0.496 e. The van der Waals surface area contributed by atoms with Crippen LogP contribution in [-0.4, -0.2) is 33.4 Å². The maximum atomic E-state index is 12.4. The van der Waals surface area contributed by atoms with Crippen LogP contribution in [0.3, 0.4) is 0 Å². The standard InChI is InChI=1S/C20H21N3O2S/c1-4-23-19(16-7-5-6-8-18(16)25-3)21-22-20(23)26-13-17(24)15-11-9-14(2)10-12-15/h5-12H,4,13H2,1-3H3. The van der Waals surface area contributed by atoms with E-state index in [2.05, 4.69) is 10.2 Å². The summed E-state index contributed by atoms with van der Waals surface area (Å²) in [4.78, 5) is 12.4. The third-order valence-electron chi connectivity index (χ3n) is 4.09. The van der Waals surface area contributed by atoms with Crippen molar-refractivity contribution >= 4 is 17.5 Å². The first-order valence-electron chi connectivity index (χ1n) is 8.43. The summed E-state index contributed by atoms with van der Waals surface area (Å²) in [6.45, 7) is 4.75. The molecular formula is C20H21N3O2S. The molecule has 2 aromatic carbocycles. The van der Waals surface area contributed by atoms with Gasteiger partial charge in [0.1, 0.15) is 5.75 Å². The molecule has 1 heterocycles. The molecule has 3 rings (SSSR count). The number of carbonyl (C=O) groups is 1. The summed E-state index contributed by atoms with van der Waals surface area (Å²) < 4.78 is 7.44. The zero-order valence-electron chi connectivity index (χ0n) is 15.1. The van der Waals surface area contributed by atoms with Crippen LogP contribution in [0.5, 0.6) is 5.75 Å². The zero-order valence-corrected chi connectivity index (χ0v) is 15.9. The van der Waals surface area contributed by atoms with E-state index >= 15 is 0 Å². The van der Waals surface area contributed by atoms with Crippen LogP contribution in [0.1, 0.15) is 22.8 Å². The van der Waals surface area contributed by atoms with E-state index in [1.54, 1.807) is 7.11 Å². The number of rotatable bonds is 7. The van der Waals surface area contributed by atoms with Crippen molar-refractivity contribution in [2.75, 3.05) is 12.9 Å². The van der Waals surface area contributed by atoms with Crippen LogP contribution >= 0.6 is 11.8 Å². The summed E-state index contributed by atoms with van der Waals surface area (Å²) >= 11 is 1.41. The van der Waals surface area contributed by atoms with Gasteiger partial charge in [-0.3, -0.25) is 4.79 Å². The minimum absolute atomic E-state index is 0.0829. The molecule has 3 aromatic rings. The van der Waals surface area contributed by atoms with Gasteiger partial charge in [0.05, 0.1) is 18.4 Å². The van der Waals surface area contributed by atoms with Crippen molar-refractivity contribution in [3.05, 3.63) is 59.7 Å².